The molecule has 0 aromatic heterocycles. The summed E-state index contributed by atoms with van der Waals surface area (Å²) in [5, 5.41) is 0. The molecule has 0 aliphatic carbocycles. The summed E-state index contributed by atoms with van der Waals surface area (Å²) >= 11 is 0. The van der Waals surface area contributed by atoms with Crippen molar-refractivity contribution < 1.29 is 27.4 Å². The summed E-state index contributed by atoms with van der Waals surface area (Å²) in [6.45, 7) is 3.47. The summed E-state index contributed by atoms with van der Waals surface area (Å²) in [6.07, 6.45) is 3.16. The number of carbonyl (C=O) groups is 1. The Hall–Kier alpha value is -1.68. The average Bonchev–Trinajstić information content (AvgIpc) is 3.47. The number of benzene rings is 1. The van der Waals surface area contributed by atoms with Crippen molar-refractivity contribution in [1.29, 1.82) is 0 Å². The molecule has 3 saturated heterocycles. The van der Waals surface area contributed by atoms with Gasteiger partial charge in [0.15, 0.2) is 6.29 Å². The average molecular weight is 425 g/mol. The van der Waals surface area contributed by atoms with E-state index in [0.717, 1.165) is 25.7 Å². The molecule has 9 heteroatoms. The molecule has 1 aromatic carbocycles. The lowest BCUT2D eigenvalue weighted by atomic mass is 9.95. The van der Waals surface area contributed by atoms with Gasteiger partial charge in [-0.2, -0.15) is 4.31 Å². The third-order valence-electron chi connectivity index (χ3n) is 5.95. The molecule has 3 aliphatic rings. The van der Waals surface area contributed by atoms with Crippen molar-refractivity contribution in [1.82, 2.24) is 9.21 Å². The van der Waals surface area contributed by atoms with E-state index in [0.29, 0.717) is 50.9 Å². The molecule has 3 aliphatic heterocycles. The Morgan fingerprint density at radius 3 is 2.34 bits per heavy atom. The van der Waals surface area contributed by atoms with Gasteiger partial charge in [0.2, 0.25) is 10.0 Å². The molecule has 0 saturated carbocycles. The van der Waals surface area contributed by atoms with E-state index in [1.54, 1.807) is 17.0 Å². The van der Waals surface area contributed by atoms with Crippen molar-refractivity contribution in [2.24, 2.45) is 5.92 Å². The second-order valence-corrected chi connectivity index (χ2v) is 9.62. The first-order chi connectivity index (χ1) is 14.0. The van der Waals surface area contributed by atoms with Crippen molar-refractivity contribution in [3.63, 3.8) is 0 Å². The first kappa shape index (κ1) is 20.6. The number of ether oxygens (including phenoxy) is 3. The van der Waals surface area contributed by atoms with E-state index >= 15 is 0 Å². The minimum absolute atomic E-state index is 0.0652. The van der Waals surface area contributed by atoms with Crippen LogP contribution in [0.3, 0.4) is 0 Å². The van der Waals surface area contributed by atoms with Gasteiger partial charge in [-0.25, -0.2) is 8.42 Å². The molecule has 0 spiro atoms. The van der Waals surface area contributed by atoms with Crippen LogP contribution in [0.2, 0.25) is 0 Å². The number of methoxy groups -OCH3 is 1. The fraction of sp³-hybridized carbons (Fsp3) is 0.650. The van der Waals surface area contributed by atoms with Crippen molar-refractivity contribution in [3.05, 3.63) is 23.8 Å². The minimum atomic E-state index is -3.68. The number of piperidine rings is 1. The molecule has 0 atom stereocenters. The third-order valence-corrected chi connectivity index (χ3v) is 7.87. The summed E-state index contributed by atoms with van der Waals surface area (Å²) in [7, 11) is -2.24. The van der Waals surface area contributed by atoms with E-state index in [-0.39, 0.29) is 22.8 Å². The van der Waals surface area contributed by atoms with Crippen LogP contribution in [-0.4, -0.2) is 76.3 Å². The van der Waals surface area contributed by atoms with Gasteiger partial charge in [-0.1, -0.05) is 0 Å². The van der Waals surface area contributed by atoms with Crippen LogP contribution in [-0.2, 0) is 19.5 Å². The highest BCUT2D eigenvalue weighted by atomic mass is 32.2. The zero-order valence-corrected chi connectivity index (χ0v) is 17.5. The first-order valence-electron chi connectivity index (χ1n) is 10.2. The van der Waals surface area contributed by atoms with Crippen LogP contribution in [0.15, 0.2) is 23.1 Å². The Bertz CT molecular complexity index is 839. The Balaban J connectivity index is 1.50. The molecule has 0 bridgehead atoms. The maximum absolute atomic E-state index is 13.0. The topological polar surface area (TPSA) is 85.4 Å². The van der Waals surface area contributed by atoms with Crippen LogP contribution < -0.4 is 4.74 Å². The summed E-state index contributed by atoms with van der Waals surface area (Å²) < 4.78 is 44.0. The van der Waals surface area contributed by atoms with Crippen LogP contribution in [0.25, 0.3) is 0 Å². The summed E-state index contributed by atoms with van der Waals surface area (Å²) in [6, 6.07) is 4.67. The molecule has 0 unspecified atom stereocenters. The normalized spacial score (nSPS) is 22.3. The van der Waals surface area contributed by atoms with E-state index < -0.39 is 10.0 Å². The van der Waals surface area contributed by atoms with Crippen molar-refractivity contribution >= 4 is 15.9 Å². The van der Waals surface area contributed by atoms with E-state index in [4.69, 9.17) is 14.2 Å². The van der Waals surface area contributed by atoms with Crippen LogP contribution in [0.4, 0.5) is 0 Å². The number of carbonyl (C=O) groups excluding carboxylic acids is 1. The molecule has 3 fully saturated rings. The Kier molecular flexibility index (Phi) is 6.10. The summed E-state index contributed by atoms with van der Waals surface area (Å²) in [4.78, 5) is 14.9. The van der Waals surface area contributed by atoms with Crippen molar-refractivity contribution in [2.45, 2.75) is 36.9 Å². The van der Waals surface area contributed by atoms with Gasteiger partial charge in [0.1, 0.15) is 10.6 Å². The molecule has 1 amide bonds. The van der Waals surface area contributed by atoms with Gasteiger partial charge in [-0.3, -0.25) is 4.79 Å². The third kappa shape index (κ3) is 4.14. The number of rotatable bonds is 5. The first-order valence-corrected chi connectivity index (χ1v) is 11.7. The SMILES string of the molecule is COc1ccc(C(=O)N2CCC(C3OCCO3)CC2)cc1S(=O)(=O)N1CCCC1. The lowest BCUT2D eigenvalue weighted by molar-refractivity contribution is -0.0956. The zero-order valence-electron chi connectivity index (χ0n) is 16.7. The number of hydrogen-bond acceptors (Lipinski definition) is 6. The van der Waals surface area contributed by atoms with Crippen LogP contribution in [0.5, 0.6) is 5.75 Å². The van der Waals surface area contributed by atoms with Gasteiger partial charge in [0.25, 0.3) is 5.91 Å². The maximum Gasteiger partial charge on any atom is 0.253 e. The predicted molar refractivity (Wildman–Crippen MR) is 105 cm³/mol. The number of likely N-dealkylation sites (tertiary alicyclic amines) is 1. The van der Waals surface area contributed by atoms with Crippen molar-refractivity contribution in [3.8, 4) is 5.75 Å². The molecule has 1 aromatic rings. The number of sulfonamides is 1. The van der Waals surface area contributed by atoms with Crippen LogP contribution >= 0.6 is 0 Å². The van der Waals surface area contributed by atoms with Gasteiger partial charge in [-0.15, -0.1) is 0 Å². The smallest absolute Gasteiger partial charge is 0.253 e. The second-order valence-electron chi connectivity index (χ2n) is 7.72. The van der Waals surface area contributed by atoms with E-state index in [1.165, 1.54) is 17.5 Å². The molecular formula is C20H28N2O6S. The fourth-order valence-electron chi connectivity index (χ4n) is 4.28. The minimum Gasteiger partial charge on any atom is -0.495 e. The molecule has 29 heavy (non-hydrogen) atoms. The van der Waals surface area contributed by atoms with Gasteiger partial charge < -0.3 is 19.1 Å². The van der Waals surface area contributed by atoms with Gasteiger partial charge >= 0.3 is 0 Å². The molecule has 4 rings (SSSR count). The molecular weight excluding hydrogens is 396 g/mol. The Labute approximate surface area is 171 Å². The molecule has 0 radical (unpaired) electrons. The molecule has 0 N–H and O–H groups in total. The fourth-order valence-corrected chi connectivity index (χ4v) is 5.98. The monoisotopic (exact) mass is 424 g/mol. The van der Waals surface area contributed by atoms with Crippen LogP contribution in [0.1, 0.15) is 36.0 Å². The number of nitrogens with zero attached hydrogens (tertiary/aromatic N) is 2. The lowest BCUT2D eigenvalue weighted by Gasteiger charge is -2.34. The van der Waals surface area contributed by atoms with E-state index in [9.17, 15) is 13.2 Å². The summed E-state index contributed by atoms with van der Waals surface area (Å²) in [5.41, 5.74) is 0.371. The standard InChI is InChI=1S/C20H28N2O6S/c1-26-17-5-4-16(14-18(17)29(24,25)22-8-2-3-9-22)19(23)21-10-6-15(7-11-21)20-27-12-13-28-20/h4-5,14-15,20H,2-3,6-13H2,1H3. The highest BCUT2D eigenvalue weighted by molar-refractivity contribution is 7.89. The van der Waals surface area contributed by atoms with Gasteiger partial charge in [0, 0.05) is 37.7 Å². The Morgan fingerprint density at radius 1 is 1.07 bits per heavy atom. The molecule has 160 valence electrons. The van der Waals surface area contributed by atoms with Crippen molar-refractivity contribution in [2.75, 3.05) is 46.5 Å². The molecule has 3 heterocycles. The summed E-state index contributed by atoms with van der Waals surface area (Å²) in [5.74, 6) is 0.406. The molecule has 8 nitrogen and oxygen atoms in total. The van der Waals surface area contributed by atoms with Gasteiger partial charge in [-0.05, 0) is 43.9 Å². The quantitative estimate of drug-likeness (QED) is 0.715. The maximum atomic E-state index is 13.0. The number of amides is 1. The lowest BCUT2D eigenvalue weighted by Crippen LogP contribution is -2.41. The van der Waals surface area contributed by atoms with E-state index in [2.05, 4.69) is 0 Å². The predicted octanol–water partition coefficient (Wildman–Crippen LogP) is 1.70. The highest BCUT2D eigenvalue weighted by Gasteiger charge is 2.34. The largest absolute Gasteiger partial charge is 0.495 e. The second kappa shape index (κ2) is 8.59. The van der Waals surface area contributed by atoms with E-state index in [1.807, 2.05) is 0 Å². The Morgan fingerprint density at radius 2 is 1.72 bits per heavy atom. The van der Waals surface area contributed by atoms with Gasteiger partial charge in [0.05, 0.1) is 20.3 Å². The van der Waals surface area contributed by atoms with Crippen LogP contribution in [0, 0.1) is 5.92 Å². The highest BCUT2D eigenvalue weighted by Crippen LogP contribution is 2.31. The number of hydrogen-bond donors (Lipinski definition) is 0. The zero-order chi connectivity index (χ0) is 20.4.